The monoisotopic (exact) mass is 301 g/mol. The molecule has 0 saturated heterocycles. The van der Waals surface area contributed by atoms with Gasteiger partial charge in [-0.05, 0) is 36.4 Å². The van der Waals surface area contributed by atoms with Crippen molar-refractivity contribution < 1.29 is 18.7 Å². The smallest absolute Gasteiger partial charge is 0.358 e. The topological polar surface area (TPSA) is 68.0 Å². The molecule has 7 heteroatoms. The van der Waals surface area contributed by atoms with E-state index in [1.54, 1.807) is 6.07 Å². The predicted octanol–water partition coefficient (Wildman–Crippen LogP) is 2.91. The maximum Gasteiger partial charge on any atom is 0.358 e. The molecule has 0 bridgehead atoms. The van der Waals surface area contributed by atoms with Crippen LogP contribution in [-0.4, -0.2) is 26.1 Å². The van der Waals surface area contributed by atoms with Crippen LogP contribution in [0.4, 0.5) is 8.78 Å². The molecule has 0 aliphatic heterocycles. The summed E-state index contributed by atoms with van der Waals surface area (Å²) in [5, 5.41) is 16.6. The van der Waals surface area contributed by atoms with Crippen LogP contribution in [0.5, 0.6) is 0 Å². The number of aromatic carboxylic acids is 1. The number of halogens is 2. The molecule has 0 atom stereocenters. The standard InChI is InChI=1S/C15H9F2N3O2/c16-10-4-6-12(7-5-10)20-14(13(15(21)22)18-19-20)9-2-1-3-11(17)8-9/h1-8H,(H,21,22). The molecule has 1 aromatic heterocycles. The number of carbonyl (C=O) groups is 1. The van der Waals surface area contributed by atoms with Crippen molar-refractivity contribution >= 4 is 5.97 Å². The lowest BCUT2D eigenvalue weighted by Gasteiger charge is -2.07. The number of hydrogen-bond acceptors (Lipinski definition) is 3. The van der Waals surface area contributed by atoms with E-state index in [0.29, 0.717) is 11.3 Å². The van der Waals surface area contributed by atoms with Crippen LogP contribution in [0.3, 0.4) is 0 Å². The lowest BCUT2D eigenvalue weighted by molar-refractivity contribution is 0.0691. The third-order valence-electron chi connectivity index (χ3n) is 3.04. The van der Waals surface area contributed by atoms with Gasteiger partial charge < -0.3 is 5.11 Å². The first-order valence-electron chi connectivity index (χ1n) is 6.27. The van der Waals surface area contributed by atoms with Gasteiger partial charge in [-0.1, -0.05) is 17.3 Å². The molecule has 0 spiro atoms. The Labute approximate surface area is 123 Å². The first-order valence-corrected chi connectivity index (χ1v) is 6.27. The van der Waals surface area contributed by atoms with Crippen LogP contribution in [0.25, 0.3) is 16.9 Å². The Hall–Kier alpha value is -3.09. The fourth-order valence-electron chi connectivity index (χ4n) is 2.08. The highest BCUT2D eigenvalue weighted by molar-refractivity contribution is 5.93. The van der Waals surface area contributed by atoms with Gasteiger partial charge in [-0.2, -0.15) is 0 Å². The van der Waals surface area contributed by atoms with E-state index < -0.39 is 17.6 Å². The van der Waals surface area contributed by atoms with Crippen molar-refractivity contribution in [2.24, 2.45) is 0 Å². The molecule has 1 heterocycles. The second-order valence-corrected chi connectivity index (χ2v) is 4.49. The fourth-order valence-corrected chi connectivity index (χ4v) is 2.08. The number of nitrogens with zero attached hydrogens (tertiary/aromatic N) is 3. The summed E-state index contributed by atoms with van der Waals surface area (Å²) < 4.78 is 27.7. The first-order chi connectivity index (χ1) is 10.6. The van der Waals surface area contributed by atoms with E-state index in [-0.39, 0.29) is 11.4 Å². The van der Waals surface area contributed by atoms with E-state index >= 15 is 0 Å². The maximum absolute atomic E-state index is 13.4. The Morgan fingerprint density at radius 2 is 1.77 bits per heavy atom. The largest absolute Gasteiger partial charge is 0.476 e. The van der Waals surface area contributed by atoms with Gasteiger partial charge in [0.05, 0.1) is 5.69 Å². The van der Waals surface area contributed by atoms with Gasteiger partial charge in [-0.25, -0.2) is 18.3 Å². The van der Waals surface area contributed by atoms with Crippen LogP contribution in [-0.2, 0) is 0 Å². The van der Waals surface area contributed by atoms with Crippen molar-refractivity contribution in [1.82, 2.24) is 15.0 Å². The van der Waals surface area contributed by atoms with E-state index in [1.807, 2.05) is 0 Å². The minimum Gasteiger partial charge on any atom is -0.476 e. The Kier molecular flexibility index (Phi) is 3.38. The van der Waals surface area contributed by atoms with E-state index in [1.165, 1.54) is 47.1 Å². The molecule has 0 saturated carbocycles. The van der Waals surface area contributed by atoms with Gasteiger partial charge in [0.1, 0.15) is 17.3 Å². The normalized spacial score (nSPS) is 10.6. The average Bonchev–Trinajstić information content (AvgIpc) is 2.93. The lowest BCUT2D eigenvalue weighted by atomic mass is 10.1. The Morgan fingerprint density at radius 3 is 2.41 bits per heavy atom. The fraction of sp³-hybridized carbons (Fsp3) is 0. The molecule has 1 N–H and O–H groups in total. The number of hydrogen-bond donors (Lipinski definition) is 1. The second-order valence-electron chi connectivity index (χ2n) is 4.49. The van der Waals surface area contributed by atoms with Crippen molar-refractivity contribution in [3.63, 3.8) is 0 Å². The van der Waals surface area contributed by atoms with Crippen LogP contribution in [0.15, 0.2) is 48.5 Å². The minimum absolute atomic E-state index is 0.124. The maximum atomic E-state index is 13.4. The average molecular weight is 301 g/mol. The molecule has 2 aromatic carbocycles. The third kappa shape index (κ3) is 2.44. The molecule has 110 valence electrons. The van der Waals surface area contributed by atoms with Gasteiger partial charge in [0.2, 0.25) is 0 Å². The van der Waals surface area contributed by atoms with Crippen molar-refractivity contribution in [3.8, 4) is 16.9 Å². The van der Waals surface area contributed by atoms with Crippen LogP contribution in [0.2, 0.25) is 0 Å². The Bertz CT molecular complexity index is 844. The molecule has 3 rings (SSSR count). The SMILES string of the molecule is O=C(O)c1nnn(-c2ccc(F)cc2)c1-c1cccc(F)c1. The molecular formula is C15H9F2N3O2. The molecule has 0 fully saturated rings. The zero-order valence-electron chi connectivity index (χ0n) is 11.1. The summed E-state index contributed by atoms with van der Waals surface area (Å²) in [4.78, 5) is 11.3. The summed E-state index contributed by atoms with van der Waals surface area (Å²) >= 11 is 0. The van der Waals surface area contributed by atoms with Crippen molar-refractivity contribution in [2.45, 2.75) is 0 Å². The van der Waals surface area contributed by atoms with E-state index in [0.717, 1.165) is 0 Å². The number of carboxylic acid groups (broad SMARTS) is 1. The summed E-state index contributed by atoms with van der Waals surface area (Å²) in [5.74, 6) is -2.23. The minimum atomic E-state index is -1.28. The summed E-state index contributed by atoms with van der Waals surface area (Å²) in [5.41, 5.74) is 0.543. The summed E-state index contributed by atoms with van der Waals surface area (Å²) in [6, 6.07) is 10.7. The molecule has 3 aromatic rings. The molecule has 0 aliphatic rings. The summed E-state index contributed by atoms with van der Waals surface area (Å²) in [7, 11) is 0. The van der Waals surface area contributed by atoms with Gasteiger partial charge >= 0.3 is 5.97 Å². The Morgan fingerprint density at radius 1 is 1.05 bits per heavy atom. The van der Waals surface area contributed by atoms with Crippen molar-refractivity contribution in [2.75, 3.05) is 0 Å². The van der Waals surface area contributed by atoms with Gasteiger partial charge in [-0.3, -0.25) is 0 Å². The van der Waals surface area contributed by atoms with Gasteiger partial charge in [0, 0.05) is 5.56 Å². The number of rotatable bonds is 3. The third-order valence-corrected chi connectivity index (χ3v) is 3.04. The molecule has 5 nitrogen and oxygen atoms in total. The zero-order valence-corrected chi connectivity index (χ0v) is 11.1. The number of benzene rings is 2. The molecule has 0 aliphatic carbocycles. The molecule has 0 amide bonds. The zero-order chi connectivity index (χ0) is 15.7. The Balaban J connectivity index is 2.24. The molecule has 0 radical (unpaired) electrons. The van der Waals surface area contributed by atoms with Crippen LogP contribution >= 0.6 is 0 Å². The van der Waals surface area contributed by atoms with E-state index in [9.17, 15) is 18.7 Å². The van der Waals surface area contributed by atoms with E-state index in [2.05, 4.69) is 10.3 Å². The first kappa shape index (κ1) is 13.9. The quantitative estimate of drug-likeness (QED) is 0.807. The number of carboxylic acids is 1. The highest BCUT2D eigenvalue weighted by Crippen LogP contribution is 2.26. The van der Waals surface area contributed by atoms with Crippen LogP contribution in [0.1, 0.15) is 10.5 Å². The van der Waals surface area contributed by atoms with Crippen molar-refractivity contribution in [1.29, 1.82) is 0 Å². The van der Waals surface area contributed by atoms with E-state index in [4.69, 9.17) is 0 Å². The summed E-state index contributed by atoms with van der Waals surface area (Å²) in [6.45, 7) is 0. The molecular weight excluding hydrogens is 292 g/mol. The summed E-state index contributed by atoms with van der Waals surface area (Å²) in [6.07, 6.45) is 0. The van der Waals surface area contributed by atoms with Crippen LogP contribution < -0.4 is 0 Å². The second kappa shape index (κ2) is 5.36. The molecule has 0 unspecified atom stereocenters. The lowest BCUT2D eigenvalue weighted by Crippen LogP contribution is -2.03. The van der Waals surface area contributed by atoms with Gasteiger partial charge in [0.25, 0.3) is 0 Å². The van der Waals surface area contributed by atoms with Gasteiger partial charge in [0.15, 0.2) is 5.69 Å². The highest BCUT2D eigenvalue weighted by Gasteiger charge is 2.21. The molecule has 22 heavy (non-hydrogen) atoms. The van der Waals surface area contributed by atoms with Crippen molar-refractivity contribution in [3.05, 3.63) is 65.9 Å². The highest BCUT2D eigenvalue weighted by atomic mass is 19.1. The van der Waals surface area contributed by atoms with Crippen LogP contribution in [0, 0.1) is 11.6 Å². The van der Waals surface area contributed by atoms with Gasteiger partial charge in [-0.15, -0.1) is 5.10 Å². The number of aromatic nitrogens is 3. The predicted molar refractivity (Wildman–Crippen MR) is 73.7 cm³/mol.